The van der Waals surface area contributed by atoms with Crippen molar-refractivity contribution in [1.82, 2.24) is 4.90 Å². The van der Waals surface area contributed by atoms with E-state index in [9.17, 15) is 0 Å². The molecule has 0 saturated carbocycles. The number of nitrogens with zero attached hydrogens (tertiary/aromatic N) is 1. The molecule has 0 heterocycles. The second-order valence-corrected chi connectivity index (χ2v) is 4.33. The summed E-state index contributed by atoms with van der Waals surface area (Å²) in [6.07, 6.45) is 2.28. The maximum atomic E-state index is 2.47. The van der Waals surface area contributed by atoms with Gasteiger partial charge in [0.05, 0.1) is 0 Å². The molecule has 0 unspecified atom stereocenters. The van der Waals surface area contributed by atoms with E-state index in [-0.39, 0.29) is 0 Å². The predicted octanol–water partition coefficient (Wildman–Crippen LogP) is 3.65. The molecule has 0 radical (unpaired) electrons. The van der Waals surface area contributed by atoms with E-state index in [0.717, 1.165) is 32.5 Å². The summed E-state index contributed by atoms with van der Waals surface area (Å²) < 4.78 is 0. The van der Waals surface area contributed by atoms with E-state index in [4.69, 9.17) is 0 Å². The Morgan fingerprint density at radius 2 is 1.19 bits per heavy atom. The van der Waals surface area contributed by atoms with Gasteiger partial charge in [-0.15, -0.1) is 0 Å². The Bertz CT molecular complexity index is 291. The van der Waals surface area contributed by atoms with Crippen molar-refractivity contribution in [3.05, 3.63) is 34.9 Å². The number of aryl methyl sites for hydroxylation is 2. The van der Waals surface area contributed by atoms with Crippen LogP contribution in [-0.4, -0.2) is 18.0 Å². The van der Waals surface area contributed by atoms with Gasteiger partial charge >= 0.3 is 0 Å². The summed E-state index contributed by atoms with van der Waals surface area (Å²) in [4.78, 5) is 2.47. The van der Waals surface area contributed by atoms with Crippen molar-refractivity contribution in [3.8, 4) is 0 Å². The van der Waals surface area contributed by atoms with Crippen molar-refractivity contribution < 1.29 is 0 Å². The Morgan fingerprint density at radius 3 is 1.56 bits per heavy atom. The summed E-state index contributed by atoms with van der Waals surface area (Å²) >= 11 is 0. The largest absolute Gasteiger partial charge is 0.300 e. The molecule has 16 heavy (non-hydrogen) atoms. The molecule has 1 rings (SSSR count). The number of rotatable bonds is 6. The summed E-state index contributed by atoms with van der Waals surface area (Å²) in [5.41, 5.74) is 4.42. The molecule has 0 amide bonds. The molecule has 90 valence electrons. The highest BCUT2D eigenvalue weighted by atomic mass is 15.1. The van der Waals surface area contributed by atoms with Crippen LogP contribution in [0.1, 0.15) is 44.4 Å². The molecule has 1 aromatic rings. The number of benzene rings is 1. The quantitative estimate of drug-likeness (QED) is 0.706. The van der Waals surface area contributed by atoms with Gasteiger partial charge in [0.1, 0.15) is 0 Å². The maximum absolute atomic E-state index is 2.47. The van der Waals surface area contributed by atoms with E-state index in [2.05, 4.69) is 50.8 Å². The summed E-state index contributed by atoms with van der Waals surface area (Å²) in [6, 6.07) is 7.06. The van der Waals surface area contributed by atoms with Gasteiger partial charge in [0, 0.05) is 6.54 Å². The molecule has 0 aliphatic heterocycles. The first-order valence-corrected chi connectivity index (χ1v) is 6.57. The van der Waals surface area contributed by atoms with Crippen molar-refractivity contribution in [1.29, 1.82) is 0 Å². The van der Waals surface area contributed by atoms with Crippen molar-refractivity contribution >= 4 is 0 Å². The van der Waals surface area contributed by atoms with Gasteiger partial charge in [0.15, 0.2) is 0 Å². The fourth-order valence-corrected chi connectivity index (χ4v) is 2.04. The second kappa shape index (κ2) is 6.70. The van der Waals surface area contributed by atoms with E-state index in [1.54, 1.807) is 0 Å². The van der Waals surface area contributed by atoms with Crippen LogP contribution in [0.4, 0.5) is 0 Å². The minimum atomic E-state index is 1.09. The van der Waals surface area contributed by atoms with Gasteiger partial charge in [-0.2, -0.15) is 0 Å². The van der Waals surface area contributed by atoms with E-state index < -0.39 is 0 Å². The average molecular weight is 219 g/mol. The molecule has 0 aliphatic rings. The van der Waals surface area contributed by atoms with Gasteiger partial charge < -0.3 is 0 Å². The molecule has 0 aromatic heterocycles. The molecule has 0 atom stereocenters. The van der Waals surface area contributed by atoms with Crippen molar-refractivity contribution in [2.75, 3.05) is 13.1 Å². The van der Waals surface area contributed by atoms with Crippen molar-refractivity contribution in [2.24, 2.45) is 0 Å². The van der Waals surface area contributed by atoms with Gasteiger partial charge in [-0.1, -0.05) is 45.9 Å². The zero-order valence-electron chi connectivity index (χ0n) is 11.2. The number of hydrogen-bond donors (Lipinski definition) is 0. The highest BCUT2D eigenvalue weighted by molar-refractivity contribution is 5.30. The molecule has 0 N–H and O–H groups in total. The lowest BCUT2D eigenvalue weighted by atomic mass is 10.0. The van der Waals surface area contributed by atoms with Crippen LogP contribution in [0, 0.1) is 0 Å². The van der Waals surface area contributed by atoms with Crippen LogP contribution < -0.4 is 0 Å². The molecule has 0 fully saturated rings. The lowest BCUT2D eigenvalue weighted by Gasteiger charge is -2.19. The summed E-state index contributed by atoms with van der Waals surface area (Å²) in [6.45, 7) is 12.3. The molecule has 1 nitrogen and oxygen atoms in total. The fraction of sp³-hybridized carbons (Fsp3) is 0.600. The van der Waals surface area contributed by atoms with Gasteiger partial charge in [-0.25, -0.2) is 0 Å². The van der Waals surface area contributed by atoms with Crippen LogP contribution >= 0.6 is 0 Å². The van der Waals surface area contributed by atoms with Crippen LogP contribution in [0.3, 0.4) is 0 Å². The SMILES string of the molecule is CCc1cc(CC)cc(CN(CC)CC)c1. The minimum absolute atomic E-state index is 1.09. The Balaban J connectivity index is 2.85. The first-order chi connectivity index (χ1) is 7.73. The Labute approximate surface area is 100 Å². The van der Waals surface area contributed by atoms with Gasteiger partial charge in [-0.3, -0.25) is 4.90 Å². The molecule has 0 bridgehead atoms. The molecule has 1 aromatic carbocycles. The van der Waals surface area contributed by atoms with Crippen LogP contribution in [0.5, 0.6) is 0 Å². The van der Waals surface area contributed by atoms with E-state index in [1.807, 2.05) is 0 Å². The third kappa shape index (κ3) is 3.64. The van der Waals surface area contributed by atoms with E-state index in [0.29, 0.717) is 0 Å². The molecular formula is C15H25N. The summed E-state index contributed by atoms with van der Waals surface area (Å²) in [7, 11) is 0. The minimum Gasteiger partial charge on any atom is -0.300 e. The normalized spacial score (nSPS) is 11.1. The zero-order valence-corrected chi connectivity index (χ0v) is 11.2. The second-order valence-electron chi connectivity index (χ2n) is 4.33. The first-order valence-electron chi connectivity index (χ1n) is 6.57. The van der Waals surface area contributed by atoms with Gasteiger partial charge in [-0.05, 0) is 42.6 Å². The predicted molar refractivity (Wildman–Crippen MR) is 71.8 cm³/mol. The van der Waals surface area contributed by atoms with Crippen molar-refractivity contribution in [3.63, 3.8) is 0 Å². The fourth-order valence-electron chi connectivity index (χ4n) is 2.04. The van der Waals surface area contributed by atoms with Crippen LogP contribution in [0.25, 0.3) is 0 Å². The van der Waals surface area contributed by atoms with E-state index in [1.165, 1.54) is 16.7 Å². The van der Waals surface area contributed by atoms with Crippen LogP contribution in [-0.2, 0) is 19.4 Å². The lowest BCUT2D eigenvalue weighted by Crippen LogP contribution is -2.22. The van der Waals surface area contributed by atoms with Gasteiger partial charge in [0.2, 0.25) is 0 Å². The maximum Gasteiger partial charge on any atom is 0.0233 e. The molecule has 1 heteroatoms. The molecule has 0 aliphatic carbocycles. The Hall–Kier alpha value is -0.820. The van der Waals surface area contributed by atoms with E-state index >= 15 is 0 Å². The van der Waals surface area contributed by atoms with Gasteiger partial charge in [0.25, 0.3) is 0 Å². The van der Waals surface area contributed by atoms with Crippen LogP contribution in [0.2, 0.25) is 0 Å². The van der Waals surface area contributed by atoms with Crippen molar-refractivity contribution in [2.45, 2.75) is 47.1 Å². The van der Waals surface area contributed by atoms with Crippen LogP contribution in [0.15, 0.2) is 18.2 Å². The Morgan fingerprint density at radius 1 is 0.750 bits per heavy atom. The highest BCUT2D eigenvalue weighted by Gasteiger charge is 2.03. The molecular weight excluding hydrogens is 194 g/mol. The summed E-state index contributed by atoms with van der Waals surface area (Å²) in [5, 5.41) is 0. The topological polar surface area (TPSA) is 3.24 Å². The number of hydrogen-bond acceptors (Lipinski definition) is 1. The third-order valence-corrected chi connectivity index (χ3v) is 3.23. The smallest absolute Gasteiger partial charge is 0.0233 e. The zero-order chi connectivity index (χ0) is 12.0. The average Bonchev–Trinajstić information content (AvgIpc) is 2.35. The monoisotopic (exact) mass is 219 g/mol. The third-order valence-electron chi connectivity index (χ3n) is 3.23. The first kappa shape index (κ1) is 13.2. The lowest BCUT2D eigenvalue weighted by molar-refractivity contribution is 0.295. The highest BCUT2D eigenvalue weighted by Crippen LogP contribution is 2.13. The molecule has 0 spiro atoms. The summed E-state index contributed by atoms with van der Waals surface area (Å²) in [5.74, 6) is 0. The Kier molecular flexibility index (Phi) is 5.54. The standard InChI is InChI=1S/C15H25N/c1-5-13-9-14(6-2)11-15(10-13)12-16(7-3)8-4/h9-11H,5-8,12H2,1-4H3. The molecule has 0 saturated heterocycles.